The zero-order chi connectivity index (χ0) is 20.1. The fraction of sp³-hybridized carbons (Fsp3) is 0.364. The molecule has 7 heteroatoms. The number of hydrogen-bond acceptors (Lipinski definition) is 4. The zero-order valence-electron chi connectivity index (χ0n) is 16.7. The second-order valence-corrected chi connectivity index (χ2v) is 7.43. The second-order valence-electron chi connectivity index (χ2n) is 7.43. The number of rotatable bonds is 7. The van der Waals surface area contributed by atoms with Crippen LogP contribution >= 0.6 is 0 Å². The predicted octanol–water partition coefficient (Wildman–Crippen LogP) is 2.82. The minimum Gasteiger partial charge on any atom is -0.369 e. The molecule has 0 spiro atoms. The van der Waals surface area contributed by atoms with Crippen molar-refractivity contribution in [3.8, 4) is 0 Å². The predicted molar refractivity (Wildman–Crippen MR) is 116 cm³/mol. The molecule has 0 aliphatic carbocycles. The zero-order valence-corrected chi connectivity index (χ0v) is 16.7. The number of hydrogen-bond donors (Lipinski definition) is 1. The maximum Gasteiger partial charge on any atom is 0.320 e. The standard InChI is InChI=1S/C22H28N6O/c23-22(29)27(21-18-20-10-4-5-13-28(20)24-21)12-7-6-11-25-14-16-26(17-15-25)19-8-2-1-3-9-19/h1-5,8-10,13,18H,6-7,11-12,14-17H2,(H2,23,29). The Balaban J connectivity index is 1.23. The Hall–Kier alpha value is -3.06. The van der Waals surface area contributed by atoms with E-state index in [1.165, 1.54) is 5.69 Å². The van der Waals surface area contributed by atoms with Gasteiger partial charge in [-0.05, 0) is 43.7 Å². The van der Waals surface area contributed by atoms with Crippen LogP contribution in [-0.2, 0) is 0 Å². The highest BCUT2D eigenvalue weighted by Crippen LogP contribution is 2.17. The summed E-state index contributed by atoms with van der Waals surface area (Å²) in [5.41, 5.74) is 7.86. The summed E-state index contributed by atoms with van der Waals surface area (Å²) in [5, 5.41) is 4.47. The lowest BCUT2D eigenvalue weighted by molar-refractivity contribution is 0.249. The average Bonchev–Trinajstić information content (AvgIpc) is 3.18. The van der Waals surface area contributed by atoms with E-state index in [1.54, 1.807) is 9.42 Å². The van der Waals surface area contributed by atoms with Crippen LogP contribution in [-0.4, -0.2) is 59.8 Å². The van der Waals surface area contributed by atoms with Gasteiger partial charge in [-0.15, -0.1) is 5.10 Å². The number of urea groups is 1. The van der Waals surface area contributed by atoms with Gasteiger partial charge in [0.05, 0.1) is 5.52 Å². The maximum atomic E-state index is 11.9. The summed E-state index contributed by atoms with van der Waals surface area (Å²) in [5.74, 6) is 0.611. The van der Waals surface area contributed by atoms with Gasteiger partial charge >= 0.3 is 6.03 Å². The second kappa shape index (κ2) is 8.96. The Labute approximate surface area is 171 Å². The molecule has 2 aromatic heterocycles. The molecule has 1 aliphatic rings. The number of para-hydroxylation sites is 1. The first-order valence-corrected chi connectivity index (χ1v) is 10.2. The van der Waals surface area contributed by atoms with Gasteiger partial charge < -0.3 is 10.6 Å². The monoisotopic (exact) mass is 392 g/mol. The number of unbranched alkanes of at least 4 members (excludes halogenated alkanes) is 1. The number of fused-ring (bicyclic) bond motifs is 1. The van der Waals surface area contributed by atoms with Gasteiger partial charge in [-0.3, -0.25) is 9.80 Å². The molecule has 0 saturated carbocycles. The number of pyridine rings is 1. The molecule has 4 rings (SSSR count). The van der Waals surface area contributed by atoms with Crippen molar-refractivity contribution in [3.63, 3.8) is 0 Å². The number of benzene rings is 1. The van der Waals surface area contributed by atoms with E-state index in [9.17, 15) is 4.79 Å². The van der Waals surface area contributed by atoms with Crippen LogP contribution in [0.3, 0.4) is 0 Å². The van der Waals surface area contributed by atoms with Crippen molar-refractivity contribution in [1.29, 1.82) is 0 Å². The molecule has 3 heterocycles. The molecular weight excluding hydrogens is 364 g/mol. The molecule has 0 radical (unpaired) electrons. The van der Waals surface area contributed by atoms with Crippen LogP contribution in [0.2, 0.25) is 0 Å². The van der Waals surface area contributed by atoms with Crippen LogP contribution in [0, 0.1) is 0 Å². The van der Waals surface area contributed by atoms with Gasteiger partial charge in [0.15, 0.2) is 5.82 Å². The third kappa shape index (κ3) is 4.68. The maximum absolute atomic E-state index is 11.9. The first-order valence-electron chi connectivity index (χ1n) is 10.2. The quantitative estimate of drug-likeness (QED) is 0.628. The molecular formula is C22H28N6O. The number of nitrogens with two attached hydrogens (primary N) is 1. The number of nitrogens with zero attached hydrogens (tertiary/aromatic N) is 5. The lowest BCUT2D eigenvalue weighted by Crippen LogP contribution is -2.46. The Morgan fingerprint density at radius 1 is 1.00 bits per heavy atom. The van der Waals surface area contributed by atoms with E-state index in [2.05, 4.69) is 45.2 Å². The Morgan fingerprint density at radius 3 is 2.48 bits per heavy atom. The molecule has 2 N–H and O–H groups in total. The summed E-state index contributed by atoms with van der Waals surface area (Å²) in [6, 6.07) is 17.9. The molecule has 1 fully saturated rings. The SMILES string of the molecule is NC(=O)N(CCCCN1CCN(c2ccccc2)CC1)c1cc2ccccn2n1. The Morgan fingerprint density at radius 2 is 1.76 bits per heavy atom. The van der Waals surface area contributed by atoms with Crippen molar-refractivity contribution in [3.05, 3.63) is 60.8 Å². The van der Waals surface area contributed by atoms with Crippen molar-refractivity contribution in [1.82, 2.24) is 14.5 Å². The topological polar surface area (TPSA) is 70.1 Å². The van der Waals surface area contributed by atoms with E-state index >= 15 is 0 Å². The summed E-state index contributed by atoms with van der Waals surface area (Å²) in [4.78, 5) is 18.4. The number of aromatic nitrogens is 2. The highest BCUT2D eigenvalue weighted by Gasteiger charge is 2.18. The van der Waals surface area contributed by atoms with Crippen LogP contribution < -0.4 is 15.5 Å². The van der Waals surface area contributed by atoms with E-state index in [4.69, 9.17) is 5.73 Å². The van der Waals surface area contributed by atoms with Crippen LogP contribution in [0.25, 0.3) is 5.52 Å². The third-order valence-electron chi connectivity index (χ3n) is 5.50. The number of anilines is 2. The van der Waals surface area contributed by atoms with Crippen molar-refractivity contribution in [2.45, 2.75) is 12.8 Å². The van der Waals surface area contributed by atoms with Gasteiger partial charge in [-0.1, -0.05) is 24.3 Å². The summed E-state index contributed by atoms with van der Waals surface area (Å²) >= 11 is 0. The number of carbonyl (C=O) groups is 1. The van der Waals surface area contributed by atoms with Crippen molar-refractivity contribution in [2.24, 2.45) is 5.73 Å². The molecule has 1 aromatic carbocycles. The van der Waals surface area contributed by atoms with Crippen molar-refractivity contribution < 1.29 is 4.79 Å². The molecule has 0 bridgehead atoms. The Bertz CT molecular complexity index is 900. The molecule has 0 atom stereocenters. The summed E-state index contributed by atoms with van der Waals surface area (Å²) in [6.07, 6.45) is 3.80. The van der Waals surface area contributed by atoms with Crippen molar-refractivity contribution in [2.75, 3.05) is 49.1 Å². The van der Waals surface area contributed by atoms with E-state index in [0.717, 1.165) is 51.1 Å². The van der Waals surface area contributed by atoms with E-state index in [0.29, 0.717) is 12.4 Å². The molecule has 2 amide bonds. The fourth-order valence-corrected chi connectivity index (χ4v) is 3.87. The summed E-state index contributed by atoms with van der Waals surface area (Å²) < 4.78 is 1.76. The van der Waals surface area contributed by atoms with Gasteiger partial charge in [0.1, 0.15) is 0 Å². The first-order chi connectivity index (χ1) is 14.2. The largest absolute Gasteiger partial charge is 0.369 e. The van der Waals surface area contributed by atoms with E-state index in [-0.39, 0.29) is 0 Å². The van der Waals surface area contributed by atoms with E-state index in [1.807, 2.05) is 30.5 Å². The highest BCUT2D eigenvalue weighted by atomic mass is 16.2. The summed E-state index contributed by atoms with van der Waals surface area (Å²) in [7, 11) is 0. The molecule has 29 heavy (non-hydrogen) atoms. The molecule has 3 aromatic rings. The van der Waals surface area contributed by atoms with Crippen molar-refractivity contribution >= 4 is 23.1 Å². The van der Waals surface area contributed by atoms with Gasteiger partial charge in [0.2, 0.25) is 0 Å². The van der Waals surface area contributed by atoms with Gasteiger partial charge in [0.25, 0.3) is 0 Å². The highest BCUT2D eigenvalue weighted by molar-refractivity contribution is 5.90. The summed E-state index contributed by atoms with van der Waals surface area (Å²) in [6.45, 7) is 5.88. The van der Waals surface area contributed by atoms with Gasteiger partial charge in [-0.25, -0.2) is 9.31 Å². The lowest BCUT2D eigenvalue weighted by atomic mass is 10.2. The number of primary amides is 1. The molecule has 1 saturated heterocycles. The van der Waals surface area contributed by atoms with Crippen LogP contribution in [0.4, 0.5) is 16.3 Å². The van der Waals surface area contributed by atoms with Gasteiger partial charge in [-0.2, -0.15) is 0 Å². The Kier molecular flexibility index (Phi) is 5.95. The third-order valence-corrected chi connectivity index (χ3v) is 5.50. The minimum atomic E-state index is -0.454. The fourth-order valence-electron chi connectivity index (χ4n) is 3.87. The molecule has 152 valence electrons. The van der Waals surface area contributed by atoms with E-state index < -0.39 is 6.03 Å². The normalized spacial score (nSPS) is 15.0. The molecule has 1 aliphatic heterocycles. The number of carbonyl (C=O) groups excluding carboxylic acids is 1. The van der Waals surface area contributed by atoms with Crippen LogP contribution in [0.5, 0.6) is 0 Å². The van der Waals surface area contributed by atoms with Crippen LogP contribution in [0.15, 0.2) is 60.8 Å². The average molecular weight is 393 g/mol. The lowest BCUT2D eigenvalue weighted by Gasteiger charge is -2.36. The van der Waals surface area contributed by atoms with Crippen LogP contribution in [0.1, 0.15) is 12.8 Å². The molecule has 0 unspecified atom stereocenters. The number of piperazine rings is 1. The first kappa shape index (κ1) is 19.3. The minimum absolute atomic E-state index is 0.454. The molecule has 7 nitrogen and oxygen atoms in total. The number of amides is 2. The van der Waals surface area contributed by atoms with Gasteiger partial charge in [0, 0.05) is 50.7 Å². The smallest absolute Gasteiger partial charge is 0.320 e.